The van der Waals surface area contributed by atoms with Crippen molar-refractivity contribution in [3.05, 3.63) is 47.6 Å². The van der Waals surface area contributed by atoms with Gasteiger partial charge in [-0.15, -0.1) is 0 Å². The molecule has 1 heterocycles. The summed E-state index contributed by atoms with van der Waals surface area (Å²) in [5.74, 6) is -1.04. The van der Waals surface area contributed by atoms with Gasteiger partial charge < -0.3 is 14.9 Å². The van der Waals surface area contributed by atoms with Gasteiger partial charge in [0, 0.05) is 5.56 Å². The second-order valence-corrected chi connectivity index (χ2v) is 4.87. The molecule has 1 amide bonds. The van der Waals surface area contributed by atoms with E-state index in [1.165, 1.54) is 24.6 Å². The molecule has 0 radical (unpaired) electrons. The van der Waals surface area contributed by atoms with Crippen LogP contribution in [0.25, 0.3) is 0 Å². The molecule has 0 aliphatic rings. The van der Waals surface area contributed by atoms with Crippen molar-refractivity contribution in [2.24, 2.45) is 5.92 Å². The Labute approximate surface area is 121 Å². The summed E-state index contributed by atoms with van der Waals surface area (Å²) < 4.78 is 4.69. The summed E-state index contributed by atoms with van der Waals surface area (Å²) in [6.07, 6.45) is 1.20. The summed E-state index contributed by atoms with van der Waals surface area (Å²) in [6, 6.07) is 5.42. The third-order valence-corrected chi connectivity index (χ3v) is 2.98. The van der Waals surface area contributed by atoms with E-state index in [0.717, 1.165) is 0 Å². The number of carbonyl (C=O) groups excluding carboxylic acids is 1. The van der Waals surface area contributed by atoms with E-state index in [0.29, 0.717) is 5.82 Å². The van der Waals surface area contributed by atoms with Crippen molar-refractivity contribution >= 4 is 11.9 Å². The Morgan fingerprint density at radius 2 is 2.00 bits per heavy atom. The molecule has 2 rings (SSSR count). The Kier molecular flexibility index (Phi) is 4.32. The van der Waals surface area contributed by atoms with E-state index in [1.807, 2.05) is 13.8 Å². The van der Waals surface area contributed by atoms with Crippen molar-refractivity contribution in [1.82, 2.24) is 15.5 Å². The minimum atomic E-state index is -1.08. The molecule has 0 saturated heterocycles. The number of amides is 1. The smallest absolute Gasteiger partial charge is 0.335 e. The van der Waals surface area contributed by atoms with Crippen molar-refractivity contribution in [1.29, 1.82) is 0 Å². The monoisotopic (exact) mass is 289 g/mol. The summed E-state index contributed by atoms with van der Waals surface area (Å²) in [4.78, 5) is 27.1. The van der Waals surface area contributed by atoms with E-state index in [2.05, 4.69) is 15.5 Å². The van der Waals surface area contributed by atoms with Crippen LogP contribution < -0.4 is 5.32 Å². The predicted molar refractivity (Wildman–Crippen MR) is 72.7 cm³/mol. The second kappa shape index (κ2) is 6.17. The van der Waals surface area contributed by atoms with Crippen molar-refractivity contribution in [3.63, 3.8) is 0 Å². The number of aromatic carboxylic acids is 1. The topological polar surface area (TPSA) is 105 Å². The Morgan fingerprint density at radius 3 is 2.57 bits per heavy atom. The number of hydrogen-bond acceptors (Lipinski definition) is 5. The molecule has 1 aromatic heterocycles. The first-order chi connectivity index (χ1) is 9.99. The normalized spacial score (nSPS) is 12.1. The second-order valence-electron chi connectivity index (χ2n) is 4.87. The lowest BCUT2D eigenvalue weighted by Crippen LogP contribution is -2.32. The molecule has 2 aromatic rings. The van der Waals surface area contributed by atoms with Crippen LogP contribution in [0.15, 0.2) is 35.2 Å². The van der Waals surface area contributed by atoms with E-state index >= 15 is 0 Å². The van der Waals surface area contributed by atoms with Gasteiger partial charge in [-0.05, 0) is 24.1 Å². The highest BCUT2D eigenvalue weighted by atomic mass is 16.5. The Balaban J connectivity index is 2.20. The third-order valence-electron chi connectivity index (χ3n) is 2.98. The molecule has 0 aliphatic heterocycles. The number of carboxylic acid groups (broad SMARTS) is 1. The van der Waals surface area contributed by atoms with Crippen molar-refractivity contribution in [2.75, 3.05) is 0 Å². The lowest BCUT2D eigenvalue weighted by atomic mass is 10.0. The van der Waals surface area contributed by atoms with Gasteiger partial charge in [-0.25, -0.2) is 4.79 Å². The summed E-state index contributed by atoms with van der Waals surface area (Å²) in [6.45, 7) is 3.82. The third kappa shape index (κ3) is 3.44. The van der Waals surface area contributed by atoms with Crippen molar-refractivity contribution in [2.45, 2.75) is 19.9 Å². The van der Waals surface area contributed by atoms with Crippen LogP contribution in [0.3, 0.4) is 0 Å². The van der Waals surface area contributed by atoms with Gasteiger partial charge in [0.1, 0.15) is 0 Å². The molecule has 21 heavy (non-hydrogen) atoms. The summed E-state index contributed by atoms with van der Waals surface area (Å²) >= 11 is 0. The van der Waals surface area contributed by atoms with Gasteiger partial charge in [-0.1, -0.05) is 25.1 Å². The van der Waals surface area contributed by atoms with Crippen LogP contribution in [-0.4, -0.2) is 27.1 Å². The molecule has 7 nitrogen and oxygen atoms in total. The van der Waals surface area contributed by atoms with Crippen molar-refractivity contribution in [3.8, 4) is 0 Å². The summed E-state index contributed by atoms with van der Waals surface area (Å²) in [7, 11) is 0. The molecule has 7 heteroatoms. The van der Waals surface area contributed by atoms with Gasteiger partial charge in [-0.2, -0.15) is 4.98 Å². The van der Waals surface area contributed by atoms with Crippen LogP contribution in [-0.2, 0) is 0 Å². The molecule has 0 spiro atoms. The zero-order valence-electron chi connectivity index (χ0n) is 11.6. The fraction of sp³-hybridized carbons (Fsp3) is 0.286. The van der Waals surface area contributed by atoms with Crippen LogP contribution in [0.4, 0.5) is 0 Å². The standard InChI is InChI=1S/C14H15N3O4/c1-8(2)11(12-15-7-21-17-12)16-13(18)9-4-3-5-10(6-9)14(19)20/h3-8,11H,1-2H3,(H,16,18)(H,19,20). The van der Waals surface area contributed by atoms with E-state index in [4.69, 9.17) is 9.63 Å². The SMILES string of the molecule is CC(C)C(NC(=O)c1cccc(C(=O)O)c1)c1ncon1. The molecule has 1 atom stereocenters. The maximum atomic E-state index is 12.2. The molecule has 2 N–H and O–H groups in total. The molecule has 0 aliphatic carbocycles. The lowest BCUT2D eigenvalue weighted by Gasteiger charge is -2.19. The molecule has 0 bridgehead atoms. The van der Waals surface area contributed by atoms with E-state index < -0.39 is 12.0 Å². The molecule has 110 valence electrons. The molecule has 0 fully saturated rings. The highest BCUT2D eigenvalue weighted by molar-refractivity contribution is 5.97. The maximum Gasteiger partial charge on any atom is 0.335 e. The van der Waals surface area contributed by atoms with Gasteiger partial charge in [0.2, 0.25) is 6.39 Å². The number of nitrogens with zero attached hydrogens (tertiary/aromatic N) is 2. The molecular weight excluding hydrogens is 274 g/mol. The maximum absolute atomic E-state index is 12.2. The van der Waals surface area contributed by atoms with Gasteiger partial charge >= 0.3 is 5.97 Å². The van der Waals surface area contributed by atoms with Gasteiger partial charge in [0.05, 0.1) is 11.6 Å². The Hall–Kier alpha value is -2.70. The largest absolute Gasteiger partial charge is 0.478 e. The molecule has 0 saturated carbocycles. The first-order valence-electron chi connectivity index (χ1n) is 6.39. The Bertz CT molecular complexity index is 637. The molecule has 1 unspecified atom stereocenters. The highest BCUT2D eigenvalue weighted by Crippen LogP contribution is 2.19. The average molecular weight is 289 g/mol. The van der Waals surface area contributed by atoms with Crippen LogP contribution in [0.5, 0.6) is 0 Å². The number of aromatic nitrogens is 2. The first-order valence-corrected chi connectivity index (χ1v) is 6.39. The van der Waals surface area contributed by atoms with E-state index in [9.17, 15) is 9.59 Å². The predicted octanol–water partition coefficient (Wildman–Crippen LogP) is 1.89. The fourth-order valence-electron chi connectivity index (χ4n) is 1.86. The number of nitrogens with one attached hydrogen (secondary N) is 1. The Morgan fingerprint density at radius 1 is 1.29 bits per heavy atom. The fourth-order valence-corrected chi connectivity index (χ4v) is 1.86. The van der Waals surface area contributed by atoms with Crippen LogP contribution in [0.2, 0.25) is 0 Å². The zero-order chi connectivity index (χ0) is 15.4. The number of rotatable bonds is 5. The first kappa shape index (κ1) is 14.7. The average Bonchev–Trinajstić information content (AvgIpc) is 2.98. The van der Waals surface area contributed by atoms with Crippen LogP contribution >= 0.6 is 0 Å². The summed E-state index contributed by atoms with van der Waals surface area (Å²) in [5.41, 5.74) is 0.326. The number of carboxylic acids is 1. The minimum absolute atomic E-state index is 0.0502. The zero-order valence-corrected chi connectivity index (χ0v) is 11.6. The molecular formula is C14H15N3O4. The lowest BCUT2D eigenvalue weighted by molar-refractivity contribution is 0.0697. The quantitative estimate of drug-likeness (QED) is 0.870. The number of benzene rings is 1. The van der Waals surface area contributed by atoms with E-state index in [-0.39, 0.29) is 23.0 Å². The minimum Gasteiger partial charge on any atom is -0.478 e. The molecule has 1 aromatic carbocycles. The van der Waals surface area contributed by atoms with Crippen LogP contribution in [0.1, 0.15) is 46.4 Å². The number of carbonyl (C=O) groups is 2. The number of hydrogen-bond donors (Lipinski definition) is 2. The summed E-state index contributed by atoms with van der Waals surface area (Å²) in [5, 5.41) is 15.5. The van der Waals surface area contributed by atoms with E-state index in [1.54, 1.807) is 6.07 Å². The highest BCUT2D eigenvalue weighted by Gasteiger charge is 2.23. The van der Waals surface area contributed by atoms with Crippen molar-refractivity contribution < 1.29 is 19.2 Å². The van der Waals surface area contributed by atoms with Gasteiger partial charge in [0.15, 0.2) is 5.82 Å². The van der Waals surface area contributed by atoms with Gasteiger partial charge in [-0.3, -0.25) is 4.79 Å². The van der Waals surface area contributed by atoms with Gasteiger partial charge in [0.25, 0.3) is 5.91 Å². The van der Waals surface area contributed by atoms with Crippen LogP contribution in [0, 0.1) is 5.92 Å².